The molecule has 4 nitrogen and oxygen atoms in total. The van der Waals surface area contributed by atoms with Gasteiger partial charge in [-0.1, -0.05) is 12.1 Å². The number of aromatic hydroxyl groups is 1. The highest BCUT2D eigenvalue weighted by atomic mass is 19.4. The first-order valence-electron chi connectivity index (χ1n) is 6.62. The molecular weight excluding hydrogens is 311 g/mol. The molecule has 1 amide bonds. The number of carbonyl (C=O) groups excluding carboxylic acids is 1. The molecule has 0 atom stereocenters. The largest absolute Gasteiger partial charge is 0.507 e. The summed E-state index contributed by atoms with van der Waals surface area (Å²) in [5.74, 6) is -0.481. The number of amides is 1. The van der Waals surface area contributed by atoms with E-state index < -0.39 is 17.6 Å². The molecule has 7 heteroatoms. The molecule has 0 fully saturated rings. The summed E-state index contributed by atoms with van der Waals surface area (Å²) >= 11 is 0. The van der Waals surface area contributed by atoms with E-state index in [2.05, 4.69) is 5.32 Å². The van der Waals surface area contributed by atoms with E-state index in [1.54, 1.807) is 0 Å². The van der Waals surface area contributed by atoms with Gasteiger partial charge in [0.2, 0.25) is 0 Å². The molecule has 2 N–H and O–H groups in total. The third-order valence-corrected chi connectivity index (χ3v) is 3.16. The van der Waals surface area contributed by atoms with Crippen LogP contribution in [0.4, 0.5) is 13.2 Å². The lowest BCUT2D eigenvalue weighted by atomic mass is 10.1. The summed E-state index contributed by atoms with van der Waals surface area (Å²) in [6, 6.07) is 8.82. The molecule has 0 aliphatic rings. The second kappa shape index (κ2) is 6.60. The fraction of sp³-hybridized carbons (Fsp3) is 0.188. The molecule has 0 radical (unpaired) electrons. The van der Waals surface area contributed by atoms with Crippen LogP contribution in [0, 0.1) is 0 Å². The van der Waals surface area contributed by atoms with Crippen LogP contribution >= 0.6 is 0 Å². The maximum absolute atomic E-state index is 12.6. The van der Waals surface area contributed by atoms with Crippen LogP contribution in [0.15, 0.2) is 42.5 Å². The van der Waals surface area contributed by atoms with E-state index in [1.807, 2.05) is 0 Å². The molecule has 0 heterocycles. The normalized spacial score (nSPS) is 11.1. The molecule has 0 spiro atoms. The zero-order valence-corrected chi connectivity index (χ0v) is 12.1. The van der Waals surface area contributed by atoms with Gasteiger partial charge in [-0.15, -0.1) is 0 Å². The number of rotatable bonds is 4. The number of alkyl halides is 3. The van der Waals surface area contributed by atoms with Gasteiger partial charge in [0.15, 0.2) is 0 Å². The van der Waals surface area contributed by atoms with Crippen molar-refractivity contribution in [3.05, 3.63) is 59.2 Å². The lowest BCUT2D eigenvalue weighted by Gasteiger charge is -2.10. The Kier molecular flexibility index (Phi) is 4.78. The average Bonchev–Trinajstić information content (AvgIpc) is 2.52. The Bertz CT molecular complexity index is 714. The predicted molar refractivity (Wildman–Crippen MR) is 77.3 cm³/mol. The summed E-state index contributed by atoms with van der Waals surface area (Å²) in [5, 5.41) is 12.2. The highest BCUT2D eigenvalue weighted by Crippen LogP contribution is 2.29. The van der Waals surface area contributed by atoms with E-state index in [0.29, 0.717) is 11.3 Å². The van der Waals surface area contributed by atoms with Gasteiger partial charge in [0.25, 0.3) is 5.91 Å². The van der Waals surface area contributed by atoms with Gasteiger partial charge < -0.3 is 15.2 Å². The van der Waals surface area contributed by atoms with Gasteiger partial charge in [0.05, 0.1) is 18.2 Å². The van der Waals surface area contributed by atoms with E-state index in [4.69, 9.17) is 4.74 Å². The first-order valence-corrected chi connectivity index (χ1v) is 6.62. The van der Waals surface area contributed by atoms with Crippen LogP contribution in [-0.4, -0.2) is 18.1 Å². The van der Waals surface area contributed by atoms with Crippen molar-refractivity contribution in [3.8, 4) is 11.5 Å². The second-order valence-electron chi connectivity index (χ2n) is 4.76. The van der Waals surface area contributed by atoms with Crippen molar-refractivity contribution >= 4 is 5.91 Å². The van der Waals surface area contributed by atoms with Crippen LogP contribution in [0.3, 0.4) is 0 Å². The van der Waals surface area contributed by atoms with Crippen molar-refractivity contribution in [2.45, 2.75) is 12.7 Å². The van der Waals surface area contributed by atoms with Crippen molar-refractivity contribution in [1.82, 2.24) is 5.32 Å². The van der Waals surface area contributed by atoms with Gasteiger partial charge in [-0.25, -0.2) is 0 Å². The topological polar surface area (TPSA) is 58.6 Å². The summed E-state index contributed by atoms with van der Waals surface area (Å²) in [4.78, 5) is 12.0. The molecule has 0 saturated heterocycles. The van der Waals surface area contributed by atoms with Crippen LogP contribution in [0.25, 0.3) is 0 Å². The Labute approximate surface area is 130 Å². The molecule has 2 rings (SSSR count). The zero-order valence-electron chi connectivity index (χ0n) is 12.1. The molecule has 0 aromatic heterocycles. The number of hydrogen-bond donors (Lipinski definition) is 2. The van der Waals surface area contributed by atoms with E-state index in [-0.39, 0.29) is 17.9 Å². The molecule has 0 aliphatic carbocycles. The number of methoxy groups -OCH3 is 1. The maximum atomic E-state index is 12.6. The summed E-state index contributed by atoms with van der Waals surface area (Å²) < 4.78 is 42.8. The van der Waals surface area contributed by atoms with Crippen molar-refractivity contribution < 1.29 is 27.8 Å². The molecule has 122 valence electrons. The highest BCUT2D eigenvalue weighted by Gasteiger charge is 2.30. The number of benzene rings is 2. The van der Waals surface area contributed by atoms with Gasteiger partial charge >= 0.3 is 6.18 Å². The quantitative estimate of drug-likeness (QED) is 0.906. The maximum Gasteiger partial charge on any atom is 0.416 e. The standard InChI is InChI=1S/C16H14F3NO3/c1-23-12-5-6-13(14(21)8-12)15(22)20-9-10-3-2-4-11(7-10)16(17,18)19/h2-8,21H,9H2,1H3,(H,20,22). The zero-order chi connectivity index (χ0) is 17.0. The number of hydrogen-bond acceptors (Lipinski definition) is 3. The molecule has 0 aliphatic heterocycles. The Morgan fingerprint density at radius 2 is 1.96 bits per heavy atom. The minimum absolute atomic E-state index is 0.0118. The summed E-state index contributed by atoms with van der Waals surface area (Å²) in [6.45, 7) is -0.0891. The van der Waals surface area contributed by atoms with Gasteiger partial charge in [0, 0.05) is 12.6 Å². The van der Waals surface area contributed by atoms with Gasteiger partial charge in [-0.3, -0.25) is 4.79 Å². The van der Waals surface area contributed by atoms with Crippen LogP contribution in [0.2, 0.25) is 0 Å². The monoisotopic (exact) mass is 325 g/mol. The Morgan fingerprint density at radius 1 is 1.22 bits per heavy atom. The minimum atomic E-state index is -4.44. The van der Waals surface area contributed by atoms with Crippen molar-refractivity contribution in [2.24, 2.45) is 0 Å². The van der Waals surface area contributed by atoms with E-state index in [0.717, 1.165) is 12.1 Å². The Balaban J connectivity index is 2.08. The SMILES string of the molecule is COc1ccc(C(=O)NCc2cccc(C(F)(F)F)c2)c(O)c1. The van der Waals surface area contributed by atoms with Crippen molar-refractivity contribution in [1.29, 1.82) is 0 Å². The van der Waals surface area contributed by atoms with E-state index >= 15 is 0 Å². The third-order valence-electron chi connectivity index (χ3n) is 3.16. The fourth-order valence-corrected chi connectivity index (χ4v) is 1.97. The third kappa shape index (κ3) is 4.15. The summed E-state index contributed by atoms with van der Waals surface area (Å²) in [7, 11) is 1.42. The number of ether oxygens (including phenoxy) is 1. The minimum Gasteiger partial charge on any atom is -0.507 e. The Morgan fingerprint density at radius 3 is 2.57 bits per heavy atom. The molecule has 2 aromatic rings. The second-order valence-corrected chi connectivity index (χ2v) is 4.76. The van der Waals surface area contributed by atoms with Crippen LogP contribution in [-0.2, 0) is 12.7 Å². The molecule has 23 heavy (non-hydrogen) atoms. The molecule has 0 saturated carbocycles. The lowest BCUT2D eigenvalue weighted by Crippen LogP contribution is -2.23. The van der Waals surface area contributed by atoms with Crippen molar-refractivity contribution in [2.75, 3.05) is 7.11 Å². The highest BCUT2D eigenvalue weighted by molar-refractivity contribution is 5.96. The van der Waals surface area contributed by atoms with Crippen LogP contribution < -0.4 is 10.1 Å². The number of nitrogens with one attached hydrogen (secondary N) is 1. The first kappa shape index (κ1) is 16.7. The molecule has 0 unspecified atom stereocenters. The fourth-order valence-electron chi connectivity index (χ4n) is 1.97. The molecular formula is C16H14F3NO3. The molecule has 2 aromatic carbocycles. The number of phenolic OH excluding ortho intramolecular Hbond substituents is 1. The smallest absolute Gasteiger partial charge is 0.416 e. The summed E-state index contributed by atoms with van der Waals surface area (Å²) in [5.41, 5.74) is -0.463. The van der Waals surface area contributed by atoms with E-state index in [1.165, 1.54) is 37.4 Å². The van der Waals surface area contributed by atoms with Crippen molar-refractivity contribution in [3.63, 3.8) is 0 Å². The molecule has 0 bridgehead atoms. The predicted octanol–water partition coefficient (Wildman–Crippen LogP) is 3.35. The van der Waals surface area contributed by atoms with Crippen LogP contribution in [0.1, 0.15) is 21.5 Å². The number of phenols is 1. The van der Waals surface area contributed by atoms with Crippen LogP contribution in [0.5, 0.6) is 11.5 Å². The van der Waals surface area contributed by atoms with Gasteiger partial charge in [0.1, 0.15) is 11.5 Å². The average molecular weight is 325 g/mol. The number of halogens is 3. The van der Waals surface area contributed by atoms with Gasteiger partial charge in [-0.2, -0.15) is 13.2 Å². The van der Waals surface area contributed by atoms with Gasteiger partial charge in [-0.05, 0) is 29.8 Å². The number of carbonyl (C=O) groups is 1. The summed E-state index contributed by atoms with van der Waals surface area (Å²) in [6.07, 6.45) is -4.44. The Hall–Kier alpha value is -2.70. The van der Waals surface area contributed by atoms with E-state index in [9.17, 15) is 23.1 Å². The first-order chi connectivity index (χ1) is 10.8. The lowest BCUT2D eigenvalue weighted by molar-refractivity contribution is -0.137.